The van der Waals surface area contributed by atoms with Crippen LogP contribution in [0.2, 0.25) is 0 Å². The van der Waals surface area contributed by atoms with Gasteiger partial charge in [0.25, 0.3) is 0 Å². The number of fused-ring (bicyclic) bond motifs is 3. The molecule has 0 amide bonds. The molecule has 4 nitrogen and oxygen atoms in total. The van der Waals surface area contributed by atoms with Gasteiger partial charge in [-0.15, -0.1) is 0 Å². The van der Waals surface area contributed by atoms with Gasteiger partial charge in [-0.2, -0.15) is 11.8 Å². The smallest absolute Gasteiger partial charge is 0.316 e. The zero-order chi connectivity index (χ0) is 23.6. The normalized spacial score (nSPS) is 22.6. The average Bonchev–Trinajstić information content (AvgIpc) is 2.85. The molecular weight excluding hydrogens is 616 g/mol. The first-order valence-electron chi connectivity index (χ1n) is 11.3. The van der Waals surface area contributed by atoms with Gasteiger partial charge in [0, 0.05) is 12.3 Å². The first-order chi connectivity index (χ1) is 16.0. The molecule has 34 heavy (non-hydrogen) atoms. The summed E-state index contributed by atoms with van der Waals surface area (Å²) in [5.74, 6) is 2.42. The molecule has 3 saturated heterocycles. The van der Waals surface area contributed by atoms with Gasteiger partial charge in [-0.3, -0.25) is 4.52 Å². The maximum absolute atomic E-state index is 6.02. The van der Waals surface area contributed by atoms with E-state index in [-0.39, 0.29) is 27.4 Å². The summed E-state index contributed by atoms with van der Waals surface area (Å²) in [5, 5.41) is 6.54. The predicted molar refractivity (Wildman–Crippen MR) is 147 cm³/mol. The fraction of sp³-hybridized carbons (Fsp3) is 0.500. The number of halogens is 2. The van der Waals surface area contributed by atoms with E-state index in [1.54, 1.807) is 0 Å². The summed E-state index contributed by atoms with van der Waals surface area (Å²) >= 11 is 14.1. The van der Waals surface area contributed by atoms with Crippen molar-refractivity contribution in [1.29, 1.82) is 0 Å². The van der Waals surface area contributed by atoms with E-state index in [4.69, 9.17) is 36.8 Å². The van der Waals surface area contributed by atoms with Gasteiger partial charge in [0.05, 0.1) is 18.6 Å². The monoisotopic (exact) mass is 649 g/mol. The number of nitrogens with one attached hydrogen (secondary N) is 1. The molecule has 3 heterocycles. The molecule has 188 valence electrons. The van der Waals surface area contributed by atoms with Crippen LogP contribution in [0, 0.1) is 5.41 Å². The molecule has 3 fully saturated rings. The van der Waals surface area contributed by atoms with Gasteiger partial charge >= 0.3 is 28.1 Å². The first kappa shape index (κ1) is 30.9. The molecular formula is C24H33Cl2NO3P2RuS+2. The fourth-order valence-corrected chi connectivity index (χ4v) is 8.41. The molecule has 0 aromatic heterocycles. The van der Waals surface area contributed by atoms with Gasteiger partial charge in [0.2, 0.25) is 4.52 Å². The number of hydrogen-bond donors (Lipinski definition) is 1. The van der Waals surface area contributed by atoms with Gasteiger partial charge in [-0.1, -0.05) is 97.7 Å². The third-order valence-corrected chi connectivity index (χ3v) is 11.3. The zero-order valence-electron chi connectivity index (χ0n) is 19.6. The Morgan fingerprint density at radius 2 is 1.50 bits per heavy atom. The molecule has 1 N–H and O–H groups in total. The van der Waals surface area contributed by atoms with Crippen LogP contribution in [-0.4, -0.2) is 48.5 Å². The predicted octanol–water partition coefficient (Wildman–Crippen LogP) is 6.28. The second-order valence-electron chi connectivity index (χ2n) is 7.78. The van der Waals surface area contributed by atoms with Crippen molar-refractivity contribution in [3.63, 3.8) is 0 Å². The van der Waals surface area contributed by atoms with Crippen LogP contribution in [0.25, 0.3) is 0 Å². The summed E-state index contributed by atoms with van der Waals surface area (Å²) < 4.78 is 14.6. The van der Waals surface area contributed by atoms with Crippen LogP contribution in [0.4, 0.5) is 0 Å². The molecule has 2 bridgehead atoms. The van der Waals surface area contributed by atoms with Crippen molar-refractivity contribution < 1.29 is 33.0 Å². The summed E-state index contributed by atoms with van der Waals surface area (Å²) in [6.07, 6.45) is 1.99. The van der Waals surface area contributed by atoms with Crippen LogP contribution in [0.15, 0.2) is 60.7 Å². The summed E-state index contributed by atoms with van der Waals surface area (Å²) in [4.78, 5) is 0. The topological polar surface area (TPSA) is 39.7 Å². The standard InChI is InChI=1S/C18H24NPS.C6H9Cl2O3P.Ru/c1-2-21-16-14-19-13-15-20(17-9-5-3-6-10-17)18-11-7-4-8-12-18;1-2-5-3-9-12(10-4-5)11-6(5,7)8;/h3-12,19H,2,13-16H2,1H3;2-4H2,1H3;/q;;+2. The third-order valence-electron chi connectivity index (χ3n) is 5.65. The largest absolute Gasteiger partial charge is 2.00 e. The van der Waals surface area contributed by atoms with Gasteiger partial charge in [0.1, 0.15) is 0 Å². The van der Waals surface area contributed by atoms with Crippen LogP contribution in [0.5, 0.6) is 0 Å². The number of thioether (sulfide) groups is 1. The molecule has 0 unspecified atom stereocenters. The molecule has 3 aliphatic heterocycles. The van der Waals surface area contributed by atoms with E-state index in [2.05, 4.69) is 72.9 Å². The minimum Gasteiger partial charge on any atom is -0.316 e. The molecule has 0 saturated carbocycles. The molecule has 0 aliphatic carbocycles. The van der Waals surface area contributed by atoms with Crippen molar-refractivity contribution in [3.8, 4) is 0 Å². The minimum atomic E-state index is -1.29. The Kier molecular flexibility index (Phi) is 14.4. The van der Waals surface area contributed by atoms with Gasteiger partial charge in [-0.05, 0) is 43.4 Å². The molecule has 0 spiro atoms. The molecule has 0 radical (unpaired) electrons. The summed E-state index contributed by atoms with van der Waals surface area (Å²) in [7, 11) is -1.54. The number of alkyl halides is 2. The van der Waals surface area contributed by atoms with Gasteiger partial charge < -0.3 is 14.4 Å². The van der Waals surface area contributed by atoms with Crippen molar-refractivity contribution in [3.05, 3.63) is 60.7 Å². The quantitative estimate of drug-likeness (QED) is 0.142. The van der Waals surface area contributed by atoms with Crippen molar-refractivity contribution >= 4 is 62.1 Å². The van der Waals surface area contributed by atoms with Crippen molar-refractivity contribution in [2.45, 2.75) is 24.8 Å². The number of benzene rings is 2. The molecule has 0 atom stereocenters. The molecule has 10 heteroatoms. The van der Waals surface area contributed by atoms with Crippen LogP contribution >= 0.6 is 51.5 Å². The summed E-state index contributed by atoms with van der Waals surface area (Å²) in [5.41, 5.74) is -0.396. The van der Waals surface area contributed by atoms with E-state index >= 15 is 0 Å². The Labute approximate surface area is 234 Å². The van der Waals surface area contributed by atoms with E-state index in [0.717, 1.165) is 19.5 Å². The van der Waals surface area contributed by atoms with Crippen LogP contribution in [-0.2, 0) is 33.0 Å². The van der Waals surface area contributed by atoms with Crippen LogP contribution in [0.1, 0.15) is 20.3 Å². The van der Waals surface area contributed by atoms with Crippen molar-refractivity contribution in [2.24, 2.45) is 5.41 Å². The molecule has 2 aromatic carbocycles. The van der Waals surface area contributed by atoms with E-state index < -0.39 is 18.5 Å². The molecule has 3 aliphatic rings. The molecule has 5 rings (SSSR count). The number of rotatable bonds is 10. The maximum Gasteiger partial charge on any atom is 2.00 e. The Hall–Kier alpha value is 0.693. The van der Waals surface area contributed by atoms with Crippen LogP contribution < -0.4 is 15.9 Å². The summed E-state index contributed by atoms with van der Waals surface area (Å²) in [6.45, 7) is 7.48. The van der Waals surface area contributed by atoms with E-state index in [1.165, 1.54) is 28.3 Å². The Morgan fingerprint density at radius 3 is 1.94 bits per heavy atom. The van der Waals surface area contributed by atoms with Gasteiger partial charge in [0.15, 0.2) is 0 Å². The van der Waals surface area contributed by atoms with E-state index in [1.807, 2.05) is 18.7 Å². The van der Waals surface area contributed by atoms with Crippen molar-refractivity contribution in [1.82, 2.24) is 5.32 Å². The average molecular weight is 650 g/mol. The van der Waals surface area contributed by atoms with Gasteiger partial charge in [-0.25, -0.2) is 0 Å². The Balaban J connectivity index is 0.000000266. The maximum atomic E-state index is 6.02. The second-order valence-corrected chi connectivity index (χ2v) is 13.9. The minimum absolute atomic E-state index is 0. The Bertz CT molecular complexity index is 779. The number of hydrogen-bond acceptors (Lipinski definition) is 5. The Morgan fingerprint density at radius 1 is 0.941 bits per heavy atom. The second kappa shape index (κ2) is 15.8. The zero-order valence-corrected chi connectivity index (χ0v) is 25.4. The summed E-state index contributed by atoms with van der Waals surface area (Å²) in [6, 6.07) is 21.9. The van der Waals surface area contributed by atoms with E-state index in [9.17, 15) is 0 Å². The SMILES string of the molecule is CCC12COP(OC1)OC2(Cl)Cl.CCSCCNCCP(c1ccccc1)c1ccccc1.[Ru+2]. The fourth-order valence-electron chi connectivity index (χ4n) is 3.48. The van der Waals surface area contributed by atoms with Crippen LogP contribution in [0.3, 0.4) is 0 Å². The third kappa shape index (κ3) is 8.63. The van der Waals surface area contributed by atoms with E-state index in [0.29, 0.717) is 13.2 Å². The van der Waals surface area contributed by atoms with Crippen molar-refractivity contribution in [2.75, 3.05) is 44.0 Å². The first-order valence-corrected chi connectivity index (χ1v) is 15.8. The molecule has 2 aromatic rings.